The molecule has 0 saturated carbocycles. The van der Waals surface area contributed by atoms with Gasteiger partial charge in [-0.3, -0.25) is 4.79 Å². The number of rotatable bonds is 6. The average Bonchev–Trinajstić information content (AvgIpc) is 2.83. The van der Waals surface area contributed by atoms with Crippen molar-refractivity contribution in [3.63, 3.8) is 0 Å². The molecule has 0 fully saturated rings. The summed E-state index contributed by atoms with van der Waals surface area (Å²) in [6, 6.07) is 19.3. The summed E-state index contributed by atoms with van der Waals surface area (Å²) in [6.07, 6.45) is 4.39. The van der Waals surface area contributed by atoms with Gasteiger partial charge in [-0.05, 0) is 41.5 Å². The molecule has 0 N–H and O–H groups in total. The second kappa shape index (κ2) is 9.22. The molecule has 0 aliphatic carbocycles. The number of carbonyl (C=O) groups excluding carboxylic acids is 1. The van der Waals surface area contributed by atoms with Crippen LogP contribution in [0.5, 0.6) is 17.2 Å². The summed E-state index contributed by atoms with van der Waals surface area (Å²) in [7, 11) is 3.08. The van der Waals surface area contributed by atoms with E-state index in [1.807, 2.05) is 30.3 Å². The first-order chi connectivity index (χ1) is 15.6. The molecule has 0 saturated heterocycles. The zero-order valence-corrected chi connectivity index (χ0v) is 17.5. The van der Waals surface area contributed by atoms with Crippen molar-refractivity contribution in [2.45, 2.75) is 0 Å². The van der Waals surface area contributed by atoms with Gasteiger partial charge >= 0.3 is 5.97 Å². The van der Waals surface area contributed by atoms with Crippen molar-refractivity contribution >= 4 is 23.0 Å². The van der Waals surface area contributed by atoms with E-state index in [0.717, 1.165) is 5.56 Å². The van der Waals surface area contributed by atoms with Gasteiger partial charge in [0.1, 0.15) is 17.6 Å². The second-order valence-corrected chi connectivity index (χ2v) is 6.87. The molecule has 4 rings (SSSR count). The van der Waals surface area contributed by atoms with Crippen LogP contribution in [-0.4, -0.2) is 20.2 Å². The number of esters is 1. The Kier molecular flexibility index (Phi) is 6.03. The molecule has 160 valence electrons. The fourth-order valence-electron chi connectivity index (χ4n) is 3.25. The molecule has 4 aromatic rings. The molecular formula is C26H20O6. The van der Waals surface area contributed by atoms with Gasteiger partial charge in [-0.15, -0.1) is 0 Å². The molecule has 3 aromatic carbocycles. The van der Waals surface area contributed by atoms with Crippen LogP contribution in [0.4, 0.5) is 0 Å². The summed E-state index contributed by atoms with van der Waals surface area (Å²) in [4.78, 5) is 25.1. The number of ether oxygens (including phenoxy) is 3. The maximum Gasteiger partial charge on any atom is 0.336 e. The minimum atomic E-state index is -0.530. The highest BCUT2D eigenvalue weighted by Gasteiger charge is 2.13. The fourth-order valence-corrected chi connectivity index (χ4v) is 3.25. The number of hydrogen-bond acceptors (Lipinski definition) is 6. The van der Waals surface area contributed by atoms with Gasteiger partial charge in [0.2, 0.25) is 0 Å². The quantitative estimate of drug-likeness (QED) is 0.242. The summed E-state index contributed by atoms with van der Waals surface area (Å²) in [5, 5.41) is 0.372. The van der Waals surface area contributed by atoms with Gasteiger partial charge < -0.3 is 18.6 Å². The molecule has 0 radical (unpaired) electrons. The minimum absolute atomic E-state index is 0.208. The summed E-state index contributed by atoms with van der Waals surface area (Å²) in [5.41, 5.74) is 2.02. The van der Waals surface area contributed by atoms with E-state index in [1.54, 1.807) is 43.5 Å². The summed E-state index contributed by atoms with van der Waals surface area (Å²) in [6.45, 7) is 0. The maximum absolute atomic E-state index is 13.0. The number of carbonyl (C=O) groups is 1. The Bertz CT molecular complexity index is 1350. The van der Waals surface area contributed by atoms with Gasteiger partial charge in [-0.25, -0.2) is 4.79 Å². The number of fused-ring (bicyclic) bond motifs is 1. The normalized spacial score (nSPS) is 10.9. The van der Waals surface area contributed by atoms with Crippen LogP contribution >= 0.6 is 0 Å². The highest BCUT2D eigenvalue weighted by atomic mass is 16.5. The topological polar surface area (TPSA) is 75.0 Å². The molecule has 0 spiro atoms. The Hall–Kier alpha value is -4.32. The summed E-state index contributed by atoms with van der Waals surface area (Å²) in [5.74, 6) is 0.823. The Morgan fingerprint density at radius 3 is 2.44 bits per heavy atom. The first-order valence-corrected chi connectivity index (χ1v) is 9.82. The van der Waals surface area contributed by atoms with Crippen LogP contribution in [0.1, 0.15) is 5.56 Å². The first kappa shape index (κ1) is 20.9. The third-order valence-electron chi connectivity index (χ3n) is 4.87. The van der Waals surface area contributed by atoms with Crippen LogP contribution in [0.3, 0.4) is 0 Å². The van der Waals surface area contributed by atoms with E-state index in [-0.39, 0.29) is 11.2 Å². The Labute approximate surface area is 184 Å². The third-order valence-corrected chi connectivity index (χ3v) is 4.87. The number of hydrogen-bond donors (Lipinski definition) is 0. The van der Waals surface area contributed by atoms with Gasteiger partial charge in [0.25, 0.3) is 0 Å². The van der Waals surface area contributed by atoms with E-state index in [9.17, 15) is 9.59 Å². The molecule has 0 amide bonds. The van der Waals surface area contributed by atoms with Crippen molar-refractivity contribution in [1.29, 1.82) is 0 Å². The molecule has 6 nitrogen and oxygen atoms in total. The van der Waals surface area contributed by atoms with Gasteiger partial charge in [0, 0.05) is 12.1 Å². The zero-order chi connectivity index (χ0) is 22.5. The SMILES string of the molecule is COc1ccc(-c2coc3cc(OC(=O)C=Cc4ccccc4)ccc3c2=O)cc1OC. The lowest BCUT2D eigenvalue weighted by atomic mass is 10.0. The van der Waals surface area contributed by atoms with Crippen LogP contribution in [0.2, 0.25) is 0 Å². The van der Waals surface area contributed by atoms with Crippen LogP contribution in [-0.2, 0) is 4.79 Å². The van der Waals surface area contributed by atoms with Gasteiger partial charge in [-0.2, -0.15) is 0 Å². The minimum Gasteiger partial charge on any atom is -0.493 e. The molecule has 1 heterocycles. The van der Waals surface area contributed by atoms with Gasteiger partial charge in [0.15, 0.2) is 16.9 Å². The molecule has 0 bridgehead atoms. The molecule has 0 atom stereocenters. The number of benzene rings is 3. The number of methoxy groups -OCH3 is 2. The smallest absolute Gasteiger partial charge is 0.336 e. The predicted octanol–water partition coefficient (Wildman–Crippen LogP) is 5.10. The second-order valence-electron chi connectivity index (χ2n) is 6.87. The van der Waals surface area contributed by atoms with Crippen LogP contribution in [0, 0.1) is 0 Å². The van der Waals surface area contributed by atoms with Crippen molar-refractivity contribution in [3.8, 4) is 28.4 Å². The van der Waals surface area contributed by atoms with Crippen molar-refractivity contribution in [2.75, 3.05) is 14.2 Å². The average molecular weight is 428 g/mol. The lowest BCUT2D eigenvalue weighted by Gasteiger charge is -2.10. The highest BCUT2D eigenvalue weighted by Crippen LogP contribution is 2.32. The standard InChI is InChI=1S/C26H20O6/c1-29-22-12-9-18(14-24(22)30-2)21-16-31-23-15-19(10-11-20(23)26(21)28)32-25(27)13-8-17-6-4-3-5-7-17/h3-16H,1-2H3. The van der Waals surface area contributed by atoms with E-state index in [2.05, 4.69) is 0 Å². The lowest BCUT2D eigenvalue weighted by Crippen LogP contribution is -2.06. The maximum atomic E-state index is 13.0. The van der Waals surface area contributed by atoms with Crippen LogP contribution < -0.4 is 19.6 Å². The van der Waals surface area contributed by atoms with Crippen molar-refractivity contribution in [2.24, 2.45) is 0 Å². The zero-order valence-electron chi connectivity index (χ0n) is 17.5. The molecule has 0 aliphatic heterocycles. The molecule has 0 unspecified atom stereocenters. The van der Waals surface area contributed by atoms with E-state index in [1.165, 1.54) is 25.5 Å². The Morgan fingerprint density at radius 2 is 1.69 bits per heavy atom. The predicted molar refractivity (Wildman–Crippen MR) is 122 cm³/mol. The summed E-state index contributed by atoms with van der Waals surface area (Å²) >= 11 is 0. The first-order valence-electron chi connectivity index (χ1n) is 9.82. The van der Waals surface area contributed by atoms with E-state index >= 15 is 0 Å². The monoisotopic (exact) mass is 428 g/mol. The summed E-state index contributed by atoms with van der Waals surface area (Å²) < 4.78 is 21.6. The van der Waals surface area contributed by atoms with Crippen molar-refractivity contribution < 1.29 is 23.4 Å². The van der Waals surface area contributed by atoms with E-state index in [0.29, 0.717) is 33.6 Å². The molecule has 1 aromatic heterocycles. The van der Waals surface area contributed by atoms with Crippen molar-refractivity contribution in [3.05, 3.63) is 94.9 Å². The fraction of sp³-hybridized carbons (Fsp3) is 0.0769. The lowest BCUT2D eigenvalue weighted by molar-refractivity contribution is -0.128. The van der Waals surface area contributed by atoms with Crippen LogP contribution in [0.25, 0.3) is 28.2 Å². The van der Waals surface area contributed by atoms with Crippen molar-refractivity contribution in [1.82, 2.24) is 0 Å². The molecule has 32 heavy (non-hydrogen) atoms. The van der Waals surface area contributed by atoms with E-state index in [4.69, 9.17) is 18.6 Å². The molecule has 6 heteroatoms. The Morgan fingerprint density at radius 1 is 0.906 bits per heavy atom. The van der Waals surface area contributed by atoms with Gasteiger partial charge in [-0.1, -0.05) is 36.4 Å². The molecular weight excluding hydrogens is 408 g/mol. The molecule has 0 aliphatic rings. The highest BCUT2D eigenvalue weighted by molar-refractivity contribution is 5.90. The van der Waals surface area contributed by atoms with E-state index < -0.39 is 5.97 Å². The van der Waals surface area contributed by atoms with Gasteiger partial charge in [0.05, 0.1) is 25.2 Å². The third kappa shape index (κ3) is 4.39. The Balaban J connectivity index is 1.59. The largest absolute Gasteiger partial charge is 0.493 e. The van der Waals surface area contributed by atoms with Crippen LogP contribution in [0.15, 0.2) is 88.3 Å².